The second-order valence-electron chi connectivity index (χ2n) is 7.70. The molecule has 1 saturated heterocycles. The molecule has 4 rings (SSSR count). The number of rotatable bonds is 5. The predicted octanol–water partition coefficient (Wildman–Crippen LogP) is 3.92. The minimum absolute atomic E-state index is 0.412. The van der Waals surface area contributed by atoms with Crippen LogP contribution in [0, 0.1) is 6.92 Å². The van der Waals surface area contributed by atoms with Gasteiger partial charge in [0.05, 0.1) is 33.2 Å². The Balaban J connectivity index is 1.48. The maximum absolute atomic E-state index is 4.68. The van der Waals surface area contributed by atoms with Crippen LogP contribution in [-0.2, 0) is 0 Å². The lowest BCUT2D eigenvalue weighted by molar-refractivity contribution is 0.313. The summed E-state index contributed by atoms with van der Waals surface area (Å²) in [4.78, 5) is 24.1. The highest BCUT2D eigenvalue weighted by Crippen LogP contribution is 2.32. The van der Waals surface area contributed by atoms with Gasteiger partial charge in [-0.15, -0.1) is 11.3 Å². The van der Waals surface area contributed by atoms with E-state index in [0.717, 1.165) is 59.0 Å². The standard InChI is InChI=1S/C21H27N7S/c1-14(2)20-24-15(3)19(29-20)17-7-8-22-21(25-17)26-18-6-5-16(13-23-18)28-11-9-27(4)10-12-28/h5-8,13-14H,9-12H2,1-4H3,(H,22,23,25,26). The number of aryl methyl sites for hydroxylation is 1. The molecule has 0 radical (unpaired) electrons. The molecule has 0 aliphatic carbocycles. The van der Waals surface area contributed by atoms with Crippen molar-refractivity contribution in [3.63, 3.8) is 0 Å². The Morgan fingerprint density at radius 2 is 1.83 bits per heavy atom. The number of thiazole rings is 1. The molecule has 3 aromatic rings. The first kappa shape index (κ1) is 19.7. The number of hydrogen-bond acceptors (Lipinski definition) is 8. The molecule has 4 heterocycles. The first-order chi connectivity index (χ1) is 14.0. The van der Waals surface area contributed by atoms with E-state index in [4.69, 9.17) is 0 Å². The molecule has 0 spiro atoms. The third-order valence-electron chi connectivity index (χ3n) is 5.05. The van der Waals surface area contributed by atoms with E-state index < -0.39 is 0 Å². The smallest absolute Gasteiger partial charge is 0.228 e. The Morgan fingerprint density at radius 1 is 1.03 bits per heavy atom. The van der Waals surface area contributed by atoms with Crippen molar-refractivity contribution in [3.05, 3.63) is 41.3 Å². The van der Waals surface area contributed by atoms with Crippen LogP contribution in [0.15, 0.2) is 30.6 Å². The highest BCUT2D eigenvalue weighted by Gasteiger charge is 2.15. The van der Waals surface area contributed by atoms with Gasteiger partial charge in [0.25, 0.3) is 0 Å². The molecule has 152 valence electrons. The average molecular weight is 410 g/mol. The Hall–Kier alpha value is -2.58. The molecular formula is C21H27N7S. The van der Waals surface area contributed by atoms with Crippen LogP contribution in [0.2, 0.25) is 0 Å². The molecule has 0 bridgehead atoms. The summed E-state index contributed by atoms with van der Waals surface area (Å²) >= 11 is 1.70. The van der Waals surface area contributed by atoms with Crippen LogP contribution < -0.4 is 10.2 Å². The lowest BCUT2D eigenvalue weighted by atomic mass is 10.2. The fraction of sp³-hybridized carbons (Fsp3) is 0.429. The zero-order chi connectivity index (χ0) is 20.4. The monoisotopic (exact) mass is 409 g/mol. The van der Waals surface area contributed by atoms with Gasteiger partial charge in [0, 0.05) is 38.3 Å². The average Bonchev–Trinajstić information content (AvgIpc) is 3.12. The van der Waals surface area contributed by atoms with Crippen LogP contribution in [0.3, 0.4) is 0 Å². The molecule has 3 aromatic heterocycles. The van der Waals surface area contributed by atoms with E-state index in [1.165, 1.54) is 0 Å². The fourth-order valence-electron chi connectivity index (χ4n) is 3.27. The van der Waals surface area contributed by atoms with Crippen LogP contribution in [0.5, 0.6) is 0 Å². The van der Waals surface area contributed by atoms with Crippen LogP contribution >= 0.6 is 11.3 Å². The Bertz CT molecular complexity index is 959. The van der Waals surface area contributed by atoms with Crippen molar-refractivity contribution < 1.29 is 0 Å². The number of likely N-dealkylation sites (N-methyl/N-ethyl adjacent to an activating group) is 1. The van der Waals surface area contributed by atoms with Crippen molar-refractivity contribution in [2.75, 3.05) is 43.4 Å². The largest absolute Gasteiger partial charge is 0.368 e. The summed E-state index contributed by atoms with van der Waals surface area (Å²) in [5, 5.41) is 4.36. The number of hydrogen-bond donors (Lipinski definition) is 1. The third-order valence-corrected chi connectivity index (χ3v) is 6.53. The first-order valence-corrected chi connectivity index (χ1v) is 10.8. The number of nitrogens with zero attached hydrogens (tertiary/aromatic N) is 6. The summed E-state index contributed by atoms with van der Waals surface area (Å²) < 4.78 is 0. The number of nitrogens with one attached hydrogen (secondary N) is 1. The second-order valence-corrected chi connectivity index (χ2v) is 8.73. The second kappa shape index (κ2) is 8.42. The van der Waals surface area contributed by atoms with Gasteiger partial charge in [-0.25, -0.2) is 19.9 Å². The fourth-order valence-corrected chi connectivity index (χ4v) is 4.31. The SMILES string of the molecule is Cc1nc(C(C)C)sc1-c1ccnc(Nc2ccc(N3CCN(C)CC3)cn2)n1. The van der Waals surface area contributed by atoms with E-state index in [1.54, 1.807) is 17.5 Å². The zero-order valence-electron chi connectivity index (χ0n) is 17.4. The molecule has 0 aromatic carbocycles. The molecule has 1 aliphatic heterocycles. The summed E-state index contributed by atoms with van der Waals surface area (Å²) in [6.07, 6.45) is 3.69. The van der Waals surface area contributed by atoms with Crippen LogP contribution in [0.4, 0.5) is 17.5 Å². The topological polar surface area (TPSA) is 70.1 Å². The quantitative estimate of drug-likeness (QED) is 0.685. The molecule has 0 saturated carbocycles. The van der Waals surface area contributed by atoms with Gasteiger partial charge in [-0.3, -0.25) is 0 Å². The maximum Gasteiger partial charge on any atom is 0.228 e. The lowest BCUT2D eigenvalue weighted by Crippen LogP contribution is -2.44. The molecular weight excluding hydrogens is 382 g/mol. The van der Waals surface area contributed by atoms with Gasteiger partial charge < -0.3 is 15.1 Å². The van der Waals surface area contributed by atoms with Gasteiger partial charge in [-0.1, -0.05) is 13.8 Å². The zero-order valence-corrected chi connectivity index (χ0v) is 18.2. The molecule has 1 aliphatic rings. The van der Waals surface area contributed by atoms with Gasteiger partial charge in [0.2, 0.25) is 5.95 Å². The molecule has 0 atom stereocenters. The molecule has 29 heavy (non-hydrogen) atoms. The number of aromatic nitrogens is 4. The Morgan fingerprint density at radius 3 is 2.48 bits per heavy atom. The minimum atomic E-state index is 0.412. The van der Waals surface area contributed by atoms with E-state index in [0.29, 0.717) is 11.9 Å². The molecule has 8 heteroatoms. The predicted molar refractivity (Wildman–Crippen MR) is 119 cm³/mol. The summed E-state index contributed by atoms with van der Waals surface area (Å²) in [5.74, 6) is 1.69. The highest BCUT2D eigenvalue weighted by atomic mass is 32.1. The van der Waals surface area contributed by atoms with E-state index in [9.17, 15) is 0 Å². The Kier molecular flexibility index (Phi) is 5.73. The third kappa shape index (κ3) is 4.54. The van der Waals surface area contributed by atoms with Gasteiger partial charge >= 0.3 is 0 Å². The molecule has 1 N–H and O–H groups in total. The summed E-state index contributed by atoms with van der Waals surface area (Å²) in [6.45, 7) is 10.6. The first-order valence-electron chi connectivity index (χ1n) is 9.97. The van der Waals surface area contributed by atoms with Crippen molar-refractivity contribution in [2.45, 2.75) is 26.7 Å². The highest BCUT2D eigenvalue weighted by molar-refractivity contribution is 7.15. The summed E-state index contributed by atoms with van der Waals surface area (Å²) in [7, 11) is 2.16. The van der Waals surface area contributed by atoms with Gasteiger partial charge in [0.15, 0.2) is 0 Å². The van der Waals surface area contributed by atoms with Crippen molar-refractivity contribution >= 4 is 28.8 Å². The van der Waals surface area contributed by atoms with Crippen molar-refractivity contribution in [2.24, 2.45) is 0 Å². The molecule has 0 unspecified atom stereocenters. The molecule has 7 nitrogen and oxygen atoms in total. The molecule has 1 fully saturated rings. The van der Waals surface area contributed by atoms with Crippen LogP contribution in [-0.4, -0.2) is 58.1 Å². The van der Waals surface area contributed by atoms with E-state index in [2.05, 4.69) is 62.0 Å². The Labute approximate surface area is 175 Å². The number of anilines is 3. The van der Waals surface area contributed by atoms with Crippen molar-refractivity contribution in [1.82, 2.24) is 24.8 Å². The van der Waals surface area contributed by atoms with Gasteiger partial charge in [0.1, 0.15) is 5.82 Å². The van der Waals surface area contributed by atoms with Crippen molar-refractivity contribution in [3.8, 4) is 10.6 Å². The van der Waals surface area contributed by atoms with E-state index in [1.807, 2.05) is 25.3 Å². The van der Waals surface area contributed by atoms with E-state index >= 15 is 0 Å². The number of piperazine rings is 1. The summed E-state index contributed by atoms with van der Waals surface area (Å²) in [5.41, 5.74) is 3.05. The van der Waals surface area contributed by atoms with Crippen LogP contribution in [0.1, 0.15) is 30.5 Å². The number of pyridine rings is 1. The normalized spacial score (nSPS) is 15.1. The molecule has 0 amide bonds. The lowest BCUT2D eigenvalue weighted by Gasteiger charge is -2.33. The maximum atomic E-state index is 4.68. The van der Waals surface area contributed by atoms with Crippen LogP contribution in [0.25, 0.3) is 10.6 Å². The summed E-state index contributed by atoms with van der Waals surface area (Å²) in [6, 6.07) is 6.02. The van der Waals surface area contributed by atoms with Gasteiger partial charge in [-0.2, -0.15) is 0 Å². The minimum Gasteiger partial charge on any atom is -0.368 e. The van der Waals surface area contributed by atoms with Crippen molar-refractivity contribution in [1.29, 1.82) is 0 Å². The van der Waals surface area contributed by atoms with Gasteiger partial charge in [-0.05, 0) is 32.2 Å². The van der Waals surface area contributed by atoms with E-state index in [-0.39, 0.29) is 0 Å².